The number of aromatic nitrogens is 1. The molecule has 0 unspecified atom stereocenters. The molecule has 0 radical (unpaired) electrons. The van der Waals surface area contributed by atoms with E-state index in [0.29, 0.717) is 5.69 Å². The van der Waals surface area contributed by atoms with Crippen LogP contribution < -0.4 is 9.73 Å². The van der Waals surface area contributed by atoms with Gasteiger partial charge in [0.2, 0.25) is 0 Å². The molecule has 38 heavy (non-hydrogen) atoms. The summed E-state index contributed by atoms with van der Waals surface area (Å²) in [5, 5.41) is 4.12. The lowest BCUT2D eigenvalue weighted by molar-refractivity contribution is -0.119. The number of halogens is 2. The van der Waals surface area contributed by atoms with Gasteiger partial charge in [-0.3, -0.25) is 9.10 Å². The van der Waals surface area contributed by atoms with Crippen LogP contribution in [0.1, 0.15) is 22.5 Å². The van der Waals surface area contributed by atoms with Crippen molar-refractivity contribution in [3.63, 3.8) is 0 Å². The molecule has 0 saturated heterocycles. The number of hydrogen-bond acceptors (Lipinski definition) is 4. The molecule has 0 aliphatic carbocycles. The van der Waals surface area contributed by atoms with E-state index < -0.39 is 22.5 Å². The van der Waals surface area contributed by atoms with Gasteiger partial charge in [-0.2, -0.15) is 5.10 Å². The topological polar surface area (TPSA) is 83.8 Å². The second-order valence-electron chi connectivity index (χ2n) is 8.73. The average molecular weight is 658 g/mol. The summed E-state index contributed by atoms with van der Waals surface area (Å²) in [6, 6.07) is 23.2. The van der Waals surface area contributed by atoms with Crippen LogP contribution in [-0.4, -0.2) is 31.7 Å². The number of nitrogens with one attached hydrogen (secondary N) is 1. The Kier molecular flexibility index (Phi) is 8.54. The van der Waals surface area contributed by atoms with Gasteiger partial charge in [-0.15, -0.1) is 0 Å². The fraction of sp³-hybridized carbons (Fsp3) is 0.143. The predicted molar refractivity (Wildman–Crippen MR) is 159 cm³/mol. The maximum Gasteiger partial charge on any atom is 0.264 e. The third-order valence-electron chi connectivity index (χ3n) is 5.96. The fourth-order valence-electron chi connectivity index (χ4n) is 4.01. The van der Waals surface area contributed by atoms with E-state index in [9.17, 15) is 13.2 Å². The van der Waals surface area contributed by atoms with Crippen LogP contribution in [0.5, 0.6) is 0 Å². The van der Waals surface area contributed by atoms with E-state index in [1.165, 1.54) is 12.1 Å². The first-order valence-corrected chi connectivity index (χ1v) is 14.7. The molecule has 0 aliphatic rings. The Morgan fingerprint density at radius 3 is 2.11 bits per heavy atom. The van der Waals surface area contributed by atoms with Crippen molar-refractivity contribution in [2.75, 3.05) is 10.8 Å². The number of aryl methyl sites for hydroxylation is 2. The Bertz CT molecular complexity index is 1580. The molecule has 196 valence electrons. The SMILES string of the molecule is Cc1ccc(S(=O)(=O)N(CC(=O)N/N=C\c2cc(C)n(-c3ccc(Br)cc3)c2C)c2ccc(Br)cc2)cc1. The van der Waals surface area contributed by atoms with Gasteiger partial charge in [0, 0.05) is 31.6 Å². The molecular formula is C28H26Br2N4O3S. The van der Waals surface area contributed by atoms with Crippen molar-refractivity contribution in [3.8, 4) is 5.69 Å². The van der Waals surface area contributed by atoms with Crippen LogP contribution >= 0.6 is 31.9 Å². The lowest BCUT2D eigenvalue weighted by Crippen LogP contribution is -2.39. The van der Waals surface area contributed by atoms with Gasteiger partial charge in [-0.1, -0.05) is 49.6 Å². The number of carbonyl (C=O) groups excluding carboxylic acids is 1. The highest BCUT2D eigenvalue weighted by atomic mass is 79.9. The quantitative estimate of drug-likeness (QED) is 0.179. The second kappa shape index (κ2) is 11.7. The van der Waals surface area contributed by atoms with Crippen LogP contribution in [0.4, 0.5) is 5.69 Å². The van der Waals surface area contributed by atoms with E-state index in [1.807, 2.05) is 51.1 Å². The van der Waals surface area contributed by atoms with Gasteiger partial charge < -0.3 is 4.57 Å². The Morgan fingerprint density at radius 2 is 1.50 bits per heavy atom. The molecule has 4 rings (SSSR count). The number of hydrogen-bond donors (Lipinski definition) is 1. The highest BCUT2D eigenvalue weighted by Gasteiger charge is 2.27. The summed E-state index contributed by atoms with van der Waals surface area (Å²) >= 11 is 6.82. The van der Waals surface area contributed by atoms with Crippen molar-refractivity contribution in [2.45, 2.75) is 25.7 Å². The predicted octanol–water partition coefficient (Wildman–Crippen LogP) is 6.27. The van der Waals surface area contributed by atoms with Crippen LogP contribution in [0, 0.1) is 20.8 Å². The van der Waals surface area contributed by atoms with Crippen molar-refractivity contribution in [3.05, 3.63) is 110 Å². The summed E-state index contributed by atoms with van der Waals surface area (Å²) < 4.78 is 31.9. The van der Waals surface area contributed by atoms with Crippen molar-refractivity contribution in [1.82, 2.24) is 9.99 Å². The number of rotatable bonds is 8. The first-order valence-electron chi connectivity index (χ1n) is 11.7. The number of hydrazone groups is 1. The van der Waals surface area contributed by atoms with Crippen LogP contribution in [0.25, 0.3) is 5.69 Å². The zero-order chi connectivity index (χ0) is 27.4. The molecule has 0 atom stereocenters. The zero-order valence-electron chi connectivity index (χ0n) is 21.0. The molecule has 7 nitrogen and oxygen atoms in total. The Hall–Kier alpha value is -3.21. The average Bonchev–Trinajstić information content (AvgIpc) is 3.16. The highest BCUT2D eigenvalue weighted by Crippen LogP contribution is 2.26. The molecule has 0 bridgehead atoms. The standard InChI is InChI=1S/C28H26Br2N4O3S/c1-19-4-14-27(15-5-19)38(36,37)33(25-10-6-23(29)7-11-25)18-28(35)32-31-17-22-16-20(2)34(21(22)3)26-12-8-24(30)9-13-26/h4-17H,18H2,1-3H3,(H,32,35)/b31-17-. The normalized spacial score (nSPS) is 11.6. The Labute approximate surface area is 239 Å². The third-order valence-corrected chi connectivity index (χ3v) is 8.80. The second-order valence-corrected chi connectivity index (χ2v) is 12.4. The van der Waals surface area contributed by atoms with E-state index in [-0.39, 0.29) is 4.90 Å². The molecule has 0 aliphatic heterocycles. The lowest BCUT2D eigenvalue weighted by Gasteiger charge is -2.23. The molecular weight excluding hydrogens is 632 g/mol. The molecule has 3 aromatic carbocycles. The third kappa shape index (κ3) is 6.25. The summed E-state index contributed by atoms with van der Waals surface area (Å²) in [5.41, 5.74) is 7.61. The van der Waals surface area contributed by atoms with Crippen molar-refractivity contribution >= 4 is 59.7 Å². The maximum absolute atomic E-state index is 13.5. The minimum absolute atomic E-state index is 0.0997. The van der Waals surface area contributed by atoms with Gasteiger partial charge in [-0.05, 0) is 87.5 Å². The number of carbonyl (C=O) groups is 1. The van der Waals surface area contributed by atoms with E-state index in [0.717, 1.165) is 41.5 Å². The smallest absolute Gasteiger partial charge is 0.264 e. The maximum atomic E-state index is 13.5. The largest absolute Gasteiger partial charge is 0.318 e. The summed E-state index contributed by atoms with van der Waals surface area (Å²) in [7, 11) is -4.00. The number of anilines is 1. The van der Waals surface area contributed by atoms with Crippen molar-refractivity contribution in [2.24, 2.45) is 5.10 Å². The Balaban J connectivity index is 1.54. The van der Waals surface area contributed by atoms with Crippen LogP contribution in [0.2, 0.25) is 0 Å². The van der Waals surface area contributed by atoms with Gasteiger partial charge in [0.05, 0.1) is 16.8 Å². The summed E-state index contributed by atoms with van der Waals surface area (Å²) in [6.07, 6.45) is 1.56. The number of nitrogens with zero attached hydrogens (tertiary/aromatic N) is 3. The van der Waals surface area contributed by atoms with Crippen LogP contribution in [0.3, 0.4) is 0 Å². The molecule has 1 heterocycles. The van der Waals surface area contributed by atoms with E-state index in [1.54, 1.807) is 42.6 Å². The molecule has 1 N–H and O–H groups in total. The minimum Gasteiger partial charge on any atom is -0.318 e. The number of benzene rings is 3. The minimum atomic E-state index is -4.00. The molecule has 0 saturated carbocycles. The van der Waals surface area contributed by atoms with E-state index in [4.69, 9.17) is 0 Å². The van der Waals surface area contributed by atoms with Gasteiger partial charge in [0.25, 0.3) is 15.9 Å². The molecule has 0 fully saturated rings. The molecule has 4 aromatic rings. The Morgan fingerprint density at radius 1 is 0.921 bits per heavy atom. The monoisotopic (exact) mass is 656 g/mol. The van der Waals surface area contributed by atoms with Gasteiger partial charge >= 0.3 is 0 Å². The summed E-state index contributed by atoms with van der Waals surface area (Å²) in [6.45, 7) is 5.41. The summed E-state index contributed by atoms with van der Waals surface area (Å²) in [5.74, 6) is -0.568. The van der Waals surface area contributed by atoms with Gasteiger partial charge in [0.1, 0.15) is 6.54 Å². The molecule has 10 heteroatoms. The number of amides is 1. The molecule has 1 amide bonds. The van der Waals surface area contributed by atoms with Gasteiger partial charge in [0.15, 0.2) is 0 Å². The van der Waals surface area contributed by atoms with Crippen molar-refractivity contribution in [1.29, 1.82) is 0 Å². The number of sulfonamides is 1. The van der Waals surface area contributed by atoms with Crippen molar-refractivity contribution < 1.29 is 13.2 Å². The first kappa shape index (κ1) is 27.8. The molecule has 0 spiro atoms. The lowest BCUT2D eigenvalue weighted by atomic mass is 10.2. The zero-order valence-corrected chi connectivity index (χ0v) is 25.0. The van der Waals surface area contributed by atoms with Crippen LogP contribution in [-0.2, 0) is 14.8 Å². The fourth-order valence-corrected chi connectivity index (χ4v) is 5.95. The van der Waals surface area contributed by atoms with Crippen LogP contribution in [0.15, 0.2) is 97.8 Å². The highest BCUT2D eigenvalue weighted by molar-refractivity contribution is 9.10. The summed E-state index contributed by atoms with van der Waals surface area (Å²) in [4.78, 5) is 13.0. The molecule has 1 aromatic heterocycles. The van der Waals surface area contributed by atoms with E-state index in [2.05, 4.69) is 47.0 Å². The van der Waals surface area contributed by atoms with Gasteiger partial charge in [-0.25, -0.2) is 13.8 Å². The first-order chi connectivity index (χ1) is 18.1. The van der Waals surface area contributed by atoms with E-state index >= 15 is 0 Å².